The van der Waals surface area contributed by atoms with Crippen LogP contribution in [-0.2, 0) is 0 Å². The summed E-state index contributed by atoms with van der Waals surface area (Å²) < 4.78 is 4.86. The van der Waals surface area contributed by atoms with Crippen molar-refractivity contribution in [3.05, 3.63) is 57.8 Å². The fraction of sp³-hybridized carbons (Fsp3) is 0.154. The lowest BCUT2D eigenvalue weighted by Gasteiger charge is -2.11. The topological polar surface area (TPSA) is 85.4 Å². The summed E-state index contributed by atoms with van der Waals surface area (Å²) in [7, 11) is 0. The number of nitrogens with zero attached hydrogens (tertiary/aromatic N) is 1. The lowest BCUT2D eigenvalue weighted by molar-refractivity contribution is -0.402. The lowest BCUT2D eigenvalue weighted by Crippen LogP contribution is -2.12. The maximum absolute atomic E-state index is 12.0. The summed E-state index contributed by atoms with van der Waals surface area (Å²) in [6, 6.07) is 9.70. The van der Waals surface area contributed by atoms with Crippen molar-refractivity contribution in [1.82, 2.24) is 0 Å². The highest BCUT2D eigenvalue weighted by Gasteiger charge is 2.18. The van der Waals surface area contributed by atoms with E-state index in [9.17, 15) is 14.9 Å². The van der Waals surface area contributed by atoms with Gasteiger partial charge in [-0.1, -0.05) is 34.1 Å². The van der Waals surface area contributed by atoms with E-state index in [4.69, 9.17) is 4.42 Å². The standard InChI is InChI=1S/C13H11BrN2O4/c1-8(14)9-4-2-3-5-10(9)15-13(17)11-6-7-12(20-11)16(18)19/h2-8H,1H3,(H,15,17). The van der Waals surface area contributed by atoms with E-state index in [0.717, 1.165) is 11.6 Å². The van der Waals surface area contributed by atoms with Crippen LogP contribution in [0.1, 0.15) is 27.9 Å². The van der Waals surface area contributed by atoms with Crippen molar-refractivity contribution in [3.8, 4) is 0 Å². The Hall–Kier alpha value is -2.15. The van der Waals surface area contributed by atoms with Crippen LogP contribution in [0.15, 0.2) is 40.8 Å². The number of carbonyl (C=O) groups excluding carboxylic acids is 1. The van der Waals surface area contributed by atoms with Gasteiger partial charge in [0.25, 0.3) is 5.91 Å². The highest BCUT2D eigenvalue weighted by molar-refractivity contribution is 9.09. The van der Waals surface area contributed by atoms with E-state index in [-0.39, 0.29) is 10.6 Å². The summed E-state index contributed by atoms with van der Waals surface area (Å²) in [6.07, 6.45) is 0. The van der Waals surface area contributed by atoms with Gasteiger partial charge >= 0.3 is 5.88 Å². The van der Waals surface area contributed by atoms with Gasteiger partial charge in [-0.25, -0.2) is 0 Å². The Balaban J connectivity index is 2.21. The van der Waals surface area contributed by atoms with E-state index in [1.54, 1.807) is 12.1 Å². The van der Waals surface area contributed by atoms with Gasteiger partial charge in [-0.2, -0.15) is 0 Å². The molecule has 7 heteroatoms. The minimum Gasteiger partial charge on any atom is -0.395 e. The molecule has 1 atom stereocenters. The number of furan rings is 1. The molecule has 20 heavy (non-hydrogen) atoms. The van der Waals surface area contributed by atoms with Crippen LogP contribution in [0.3, 0.4) is 0 Å². The summed E-state index contributed by atoms with van der Waals surface area (Å²) in [5.41, 5.74) is 1.53. The molecule has 2 rings (SSSR count). The minimum absolute atomic E-state index is 0.0601. The molecule has 1 N–H and O–H groups in total. The molecule has 1 aromatic heterocycles. The molecule has 1 aromatic carbocycles. The quantitative estimate of drug-likeness (QED) is 0.520. The molecule has 0 radical (unpaired) electrons. The lowest BCUT2D eigenvalue weighted by atomic mass is 10.1. The Kier molecular flexibility index (Phi) is 4.19. The third-order valence-electron chi connectivity index (χ3n) is 2.63. The van der Waals surface area contributed by atoms with Gasteiger partial charge in [0, 0.05) is 10.5 Å². The zero-order valence-corrected chi connectivity index (χ0v) is 12.1. The second-order valence-electron chi connectivity index (χ2n) is 4.05. The van der Waals surface area contributed by atoms with E-state index in [0.29, 0.717) is 5.69 Å². The van der Waals surface area contributed by atoms with Gasteiger partial charge in [0.05, 0.1) is 6.07 Å². The Bertz CT molecular complexity index is 651. The normalized spacial score (nSPS) is 11.9. The van der Waals surface area contributed by atoms with Crippen molar-refractivity contribution in [1.29, 1.82) is 0 Å². The molecule has 0 spiro atoms. The molecule has 1 heterocycles. The predicted molar refractivity (Wildman–Crippen MR) is 77.1 cm³/mol. The third-order valence-corrected chi connectivity index (χ3v) is 3.13. The zero-order chi connectivity index (χ0) is 14.7. The molecule has 0 aliphatic carbocycles. The summed E-state index contributed by atoms with van der Waals surface area (Å²) in [5, 5.41) is 13.2. The number of halogens is 1. The largest absolute Gasteiger partial charge is 0.433 e. The first kappa shape index (κ1) is 14.3. The number of benzene rings is 1. The van der Waals surface area contributed by atoms with E-state index in [1.807, 2.05) is 19.1 Å². The van der Waals surface area contributed by atoms with Crippen molar-refractivity contribution in [2.75, 3.05) is 5.32 Å². The van der Waals surface area contributed by atoms with Crippen molar-refractivity contribution in [3.63, 3.8) is 0 Å². The molecule has 6 nitrogen and oxygen atoms in total. The first-order valence-electron chi connectivity index (χ1n) is 5.77. The first-order valence-corrected chi connectivity index (χ1v) is 6.69. The Morgan fingerprint density at radius 3 is 2.65 bits per heavy atom. The average Bonchev–Trinajstić information content (AvgIpc) is 2.89. The summed E-state index contributed by atoms with van der Waals surface area (Å²) in [4.78, 5) is 21.9. The number of hydrogen-bond acceptors (Lipinski definition) is 4. The molecule has 1 unspecified atom stereocenters. The number of carbonyl (C=O) groups is 1. The van der Waals surface area contributed by atoms with Gasteiger partial charge in [-0.3, -0.25) is 14.9 Å². The zero-order valence-electron chi connectivity index (χ0n) is 10.5. The maximum Gasteiger partial charge on any atom is 0.433 e. The van der Waals surface area contributed by atoms with E-state index >= 15 is 0 Å². The number of nitrogens with one attached hydrogen (secondary N) is 1. The summed E-state index contributed by atoms with van der Waals surface area (Å²) in [5.74, 6) is -1.09. The highest BCUT2D eigenvalue weighted by atomic mass is 79.9. The molecule has 2 aromatic rings. The van der Waals surface area contributed by atoms with Crippen LogP contribution >= 0.6 is 15.9 Å². The average molecular weight is 339 g/mol. The van der Waals surface area contributed by atoms with Gasteiger partial charge in [0.15, 0.2) is 5.76 Å². The van der Waals surface area contributed by atoms with Crippen LogP contribution in [0.5, 0.6) is 0 Å². The molecule has 0 saturated carbocycles. The van der Waals surface area contributed by atoms with Gasteiger partial charge < -0.3 is 9.73 Å². The molecule has 1 amide bonds. The van der Waals surface area contributed by atoms with Gasteiger partial charge in [-0.05, 0) is 24.6 Å². The monoisotopic (exact) mass is 338 g/mol. The molecular weight excluding hydrogens is 328 g/mol. The number of para-hydroxylation sites is 1. The van der Waals surface area contributed by atoms with Crippen LogP contribution in [0.25, 0.3) is 0 Å². The van der Waals surface area contributed by atoms with Crippen molar-refractivity contribution in [2.24, 2.45) is 0 Å². The predicted octanol–water partition coefficient (Wildman–Crippen LogP) is 3.90. The summed E-state index contributed by atoms with van der Waals surface area (Å²) in [6.45, 7) is 1.93. The fourth-order valence-electron chi connectivity index (χ4n) is 1.69. The molecule has 0 aliphatic rings. The highest BCUT2D eigenvalue weighted by Crippen LogP contribution is 2.29. The maximum atomic E-state index is 12.0. The van der Waals surface area contributed by atoms with Crippen LogP contribution in [0.2, 0.25) is 0 Å². The van der Waals surface area contributed by atoms with Gasteiger partial charge in [0.1, 0.15) is 4.92 Å². The van der Waals surface area contributed by atoms with Crippen LogP contribution < -0.4 is 5.32 Å². The van der Waals surface area contributed by atoms with E-state index in [2.05, 4.69) is 21.2 Å². The second-order valence-corrected chi connectivity index (χ2v) is 5.43. The van der Waals surface area contributed by atoms with Crippen LogP contribution in [-0.4, -0.2) is 10.8 Å². The van der Waals surface area contributed by atoms with E-state index < -0.39 is 16.7 Å². The first-order chi connectivity index (χ1) is 9.49. The number of alkyl halides is 1. The second kappa shape index (κ2) is 5.87. The summed E-state index contributed by atoms with van der Waals surface area (Å²) >= 11 is 3.44. The van der Waals surface area contributed by atoms with Gasteiger partial charge in [0.2, 0.25) is 0 Å². The molecule has 0 fully saturated rings. The smallest absolute Gasteiger partial charge is 0.395 e. The van der Waals surface area contributed by atoms with Crippen molar-refractivity contribution >= 4 is 33.4 Å². The molecule has 0 saturated heterocycles. The van der Waals surface area contributed by atoms with E-state index in [1.165, 1.54) is 6.07 Å². The van der Waals surface area contributed by atoms with Crippen molar-refractivity contribution < 1.29 is 14.1 Å². The van der Waals surface area contributed by atoms with Crippen LogP contribution in [0, 0.1) is 10.1 Å². The minimum atomic E-state index is -0.689. The van der Waals surface area contributed by atoms with Crippen molar-refractivity contribution in [2.45, 2.75) is 11.8 Å². The number of amides is 1. The van der Waals surface area contributed by atoms with Gasteiger partial charge in [-0.15, -0.1) is 0 Å². The number of hydrogen-bond donors (Lipinski definition) is 1. The molecule has 104 valence electrons. The Morgan fingerprint density at radius 2 is 2.05 bits per heavy atom. The molecular formula is C13H11BrN2O4. The SMILES string of the molecule is CC(Br)c1ccccc1NC(=O)c1ccc([N+](=O)[O-])o1. The Labute approximate surface area is 123 Å². The number of anilines is 1. The number of rotatable bonds is 4. The third kappa shape index (κ3) is 3.05. The number of nitro groups is 1. The molecule has 0 aliphatic heterocycles. The van der Waals surface area contributed by atoms with Crippen LogP contribution in [0.4, 0.5) is 11.6 Å². The fourth-order valence-corrected chi connectivity index (χ4v) is 2.09. The molecule has 0 bridgehead atoms. The Morgan fingerprint density at radius 1 is 1.35 bits per heavy atom.